The number of nitrogens with one attached hydrogen (secondary N) is 3. The monoisotopic (exact) mass is 503 g/mol. The first-order valence-electron chi connectivity index (χ1n) is 12.4. The minimum atomic E-state index is -3.99. The normalized spacial score (nSPS) is 25.8. The molecule has 2 atom stereocenters. The molecule has 0 spiro atoms. The SMILES string of the molecule is Cc1ccc(S(=O)(=O)N2C=CNC(=O)[C@H]2CC(=O)N[C@H]2CCN(C3CCNCC3)CC2(C)C)cc1. The third kappa shape index (κ3) is 5.70. The summed E-state index contributed by atoms with van der Waals surface area (Å²) in [5, 5.41) is 9.07. The predicted octanol–water partition coefficient (Wildman–Crippen LogP) is 1.31. The van der Waals surface area contributed by atoms with Crippen molar-refractivity contribution < 1.29 is 18.0 Å². The van der Waals surface area contributed by atoms with Gasteiger partial charge in [-0.15, -0.1) is 0 Å². The molecular formula is C25H37N5O4S. The lowest BCUT2D eigenvalue weighted by Crippen LogP contribution is -2.59. The molecule has 10 heteroatoms. The highest BCUT2D eigenvalue weighted by molar-refractivity contribution is 7.89. The second-order valence-electron chi connectivity index (χ2n) is 10.5. The molecule has 4 rings (SSSR count). The molecule has 9 nitrogen and oxygen atoms in total. The number of hydrogen-bond acceptors (Lipinski definition) is 6. The molecule has 2 saturated heterocycles. The molecule has 35 heavy (non-hydrogen) atoms. The zero-order valence-corrected chi connectivity index (χ0v) is 21.6. The number of hydrogen-bond donors (Lipinski definition) is 3. The van der Waals surface area contributed by atoms with E-state index in [0.29, 0.717) is 6.04 Å². The third-order valence-electron chi connectivity index (χ3n) is 7.45. The van der Waals surface area contributed by atoms with Crippen LogP contribution in [0.5, 0.6) is 0 Å². The van der Waals surface area contributed by atoms with E-state index in [1.54, 1.807) is 12.1 Å². The standard InChI is InChI=1S/C25H37N5O4S/c1-18-4-6-20(7-5-18)35(33,34)30-15-13-27-24(32)21(30)16-23(31)28-22-10-14-29(17-25(22,2)3)19-8-11-26-12-9-19/h4-7,13,15,19,21-22,26H,8-12,14,16-17H2,1-3H3,(H,27,32)(H,28,31)/t21-,22+/m1/s1. The molecule has 192 valence electrons. The summed E-state index contributed by atoms with van der Waals surface area (Å²) in [6, 6.07) is 5.83. The molecule has 3 aliphatic heterocycles. The van der Waals surface area contributed by atoms with E-state index in [1.165, 1.54) is 24.5 Å². The number of rotatable bonds is 6. The van der Waals surface area contributed by atoms with E-state index in [4.69, 9.17) is 0 Å². The topological polar surface area (TPSA) is 111 Å². The highest BCUT2D eigenvalue weighted by Crippen LogP contribution is 2.32. The van der Waals surface area contributed by atoms with Crippen molar-refractivity contribution >= 4 is 21.8 Å². The molecule has 2 fully saturated rings. The summed E-state index contributed by atoms with van der Waals surface area (Å²) < 4.78 is 27.5. The molecule has 0 saturated carbocycles. The van der Waals surface area contributed by atoms with E-state index in [1.807, 2.05) is 6.92 Å². The lowest BCUT2D eigenvalue weighted by atomic mass is 9.78. The lowest BCUT2D eigenvalue weighted by molar-refractivity contribution is -0.130. The molecule has 0 radical (unpaired) electrons. The van der Waals surface area contributed by atoms with Crippen LogP contribution in [0, 0.1) is 12.3 Å². The molecule has 0 aliphatic carbocycles. The van der Waals surface area contributed by atoms with Crippen molar-refractivity contribution in [3.8, 4) is 0 Å². The minimum Gasteiger partial charge on any atom is -0.353 e. The zero-order chi connectivity index (χ0) is 25.2. The Morgan fingerprint density at radius 2 is 1.83 bits per heavy atom. The summed E-state index contributed by atoms with van der Waals surface area (Å²) in [4.78, 5) is 28.4. The van der Waals surface area contributed by atoms with Gasteiger partial charge in [0.15, 0.2) is 0 Å². The van der Waals surface area contributed by atoms with Gasteiger partial charge >= 0.3 is 0 Å². The van der Waals surface area contributed by atoms with E-state index >= 15 is 0 Å². The Hall–Kier alpha value is -2.43. The number of nitrogens with zero attached hydrogens (tertiary/aromatic N) is 2. The van der Waals surface area contributed by atoms with Crippen LogP contribution in [0.15, 0.2) is 41.6 Å². The van der Waals surface area contributed by atoms with Crippen LogP contribution in [0.2, 0.25) is 0 Å². The Bertz CT molecular complexity index is 1060. The van der Waals surface area contributed by atoms with Gasteiger partial charge in [0.2, 0.25) is 11.8 Å². The van der Waals surface area contributed by atoms with E-state index in [9.17, 15) is 18.0 Å². The number of benzene rings is 1. The highest BCUT2D eigenvalue weighted by atomic mass is 32.2. The minimum absolute atomic E-state index is 0.0442. The summed E-state index contributed by atoms with van der Waals surface area (Å²) in [6.07, 6.45) is 5.47. The molecule has 1 aromatic carbocycles. The number of sulfonamides is 1. The molecule has 0 unspecified atom stereocenters. The summed E-state index contributed by atoms with van der Waals surface area (Å²) in [5.41, 5.74) is 0.793. The van der Waals surface area contributed by atoms with Gasteiger partial charge in [0.25, 0.3) is 10.0 Å². The number of carbonyl (C=O) groups is 2. The van der Waals surface area contributed by atoms with Crippen molar-refractivity contribution in [1.82, 2.24) is 25.2 Å². The number of amides is 2. The summed E-state index contributed by atoms with van der Waals surface area (Å²) >= 11 is 0. The number of carbonyl (C=O) groups excluding carboxylic acids is 2. The molecule has 2 amide bonds. The maximum Gasteiger partial charge on any atom is 0.264 e. The predicted molar refractivity (Wildman–Crippen MR) is 134 cm³/mol. The third-order valence-corrected chi connectivity index (χ3v) is 9.25. The molecule has 3 N–H and O–H groups in total. The van der Waals surface area contributed by atoms with Crippen LogP contribution in [0.25, 0.3) is 0 Å². The van der Waals surface area contributed by atoms with E-state index < -0.39 is 22.0 Å². The van der Waals surface area contributed by atoms with Crippen LogP contribution in [-0.4, -0.2) is 73.7 Å². The van der Waals surface area contributed by atoms with Gasteiger partial charge in [-0.1, -0.05) is 31.5 Å². The van der Waals surface area contributed by atoms with E-state index in [-0.39, 0.29) is 28.7 Å². The van der Waals surface area contributed by atoms with Crippen molar-refractivity contribution in [1.29, 1.82) is 0 Å². The van der Waals surface area contributed by atoms with Gasteiger partial charge in [0, 0.05) is 37.6 Å². The van der Waals surface area contributed by atoms with Crippen molar-refractivity contribution in [3.63, 3.8) is 0 Å². The maximum atomic E-state index is 13.3. The van der Waals surface area contributed by atoms with Crippen LogP contribution in [0.1, 0.15) is 45.1 Å². The van der Waals surface area contributed by atoms with Gasteiger partial charge in [0.05, 0.1) is 11.3 Å². The van der Waals surface area contributed by atoms with Gasteiger partial charge in [-0.25, -0.2) is 8.42 Å². The second-order valence-corrected chi connectivity index (χ2v) is 12.4. The quantitative estimate of drug-likeness (QED) is 0.540. The van der Waals surface area contributed by atoms with Crippen LogP contribution < -0.4 is 16.0 Å². The van der Waals surface area contributed by atoms with Gasteiger partial charge in [-0.3, -0.25) is 18.8 Å². The molecule has 1 aromatic rings. The first-order valence-corrected chi connectivity index (χ1v) is 13.8. The second kappa shape index (κ2) is 10.3. The molecule has 0 aromatic heterocycles. The van der Waals surface area contributed by atoms with Crippen molar-refractivity contribution in [2.24, 2.45) is 5.41 Å². The van der Waals surface area contributed by atoms with Crippen molar-refractivity contribution in [2.75, 3.05) is 26.2 Å². The molecule has 3 heterocycles. The first kappa shape index (κ1) is 25.7. The Balaban J connectivity index is 1.42. The maximum absolute atomic E-state index is 13.3. The van der Waals surface area contributed by atoms with Crippen LogP contribution in [0.4, 0.5) is 0 Å². The Morgan fingerprint density at radius 1 is 1.14 bits per heavy atom. The highest BCUT2D eigenvalue weighted by Gasteiger charge is 2.41. The van der Waals surface area contributed by atoms with Crippen molar-refractivity contribution in [2.45, 2.75) is 69.5 Å². The Kier molecular flexibility index (Phi) is 7.54. The molecular weight excluding hydrogens is 466 g/mol. The van der Waals surface area contributed by atoms with Gasteiger partial charge in [-0.05, 0) is 56.8 Å². The summed E-state index contributed by atoms with van der Waals surface area (Å²) in [5.74, 6) is -0.837. The first-order chi connectivity index (χ1) is 16.6. The summed E-state index contributed by atoms with van der Waals surface area (Å²) in [7, 11) is -3.99. The smallest absolute Gasteiger partial charge is 0.264 e. The number of piperidine rings is 2. The number of likely N-dealkylation sites (tertiary alicyclic amines) is 1. The Labute approximate surface area is 208 Å². The van der Waals surface area contributed by atoms with Crippen molar-refractivity contribution in [3.05, 3.63) is 42.2 Å². The molecule has 0 bridgehead atoms. The van der Waals surface area contributed by atoms with E-state index in [0.717, 1.165) is 55.3 Å². The fraction of sp³-hybridized carbons (Fsp3) is 0.600. The van der Waals surface area contributed by atoms with E-state index in [2.05, 4.69) is 34.7 Å². The zero-order valence-electron chi connectivity index (χ0n) is 20.8. The van der Waals surface area contributed by atoms with Gasteiger partial charge in [0.1, 0.15) is 6.04 Å². The van der Waals surface area contributed by atoms with Crippen LogP contribution in [-0.2, 0) is 19.6 Å². The lowest BCUT2D eigenvalue weighted by Gasteiger charge is -2.48. The van der Waals surface area contributed by atoms with Gasteiger partial charge < -0.3 is 16.0 Å². The Morgan fingerprint density at radius 3 is 2.49 bits per heavy atom. The average molecular weight is 504 g/mol. The fourth-order valence-electron chi connectivity index (χ4n) is 5.35. The number of aryl methyl sites for hydroxylation is 1. The van der Waals surface area contributed by atoms with Gasteiger partial charge in [-0.2, -0.15) is 0 Å². The van der Waals surface area contributed by atoms with Crippen LogP contribution >= 0.6 is 0 Å². The summed E-state index contributed by atoms with van der Waals surface area (Å²) in [6.45, 7) is 10.1. The largest absolute Gasteiger partial charge is 0.353 e. The average Bonchev–Trinajstić information content (AvgIpc) is 2.82. The molecule has 3 aliphatic rings. The van der Waals surface area contributed by atoms with Crippen LogP contribution in [0.3, 0.4) is 0 Å². The fourth-order valence-corrected chi connectivity index (χ4v) is 6.80.